The first-order valence-electron chi connectivity index (χ1n) is 7.19. The smallest absolute Gasteiger partial charge is 0.0406 e. The number of rotatable bonds is 5. The highest BCUT2D eigenvalue weighted by molar-refractivity contribution is 6.30. The summed E-state index contributed by atoms with van der Waals surface area (Å²) in [5.41, 5.74) is 1.32. The Morgan fingerprint density at radius 1 is 1.11 bits per heavy atom. The van der Waals surface area contributed by atoms with Crippen LogP contribution in [0.4, 0.5) is 0 Å². The normalized spacial score (nSPS) is 24.1. The van der Waals surface area contributed by atoms with Gasteiger partial charge in [-0.25, -0.2) is 0 Å². The predicted octanol–water partition coefficient (Wildman–Crippen LogP) is 4.65. The molecule has 0 aromatic heterocycles. The zero-order valence-electron chi connectivity index (χ0n) is 11.3. The molecular weight excluding hydrogens is 242 g/mol. The molecule has 1 aliphatic rings. The molecule has 100 valence electrons. The third-order valence-electron chi connectivity index (χ3n) is 4.11. The minimum absolute atomic E-state index is 0.815. The molecule has 0 radical (unpaired) electrons. The van der Waals surface area contributed by atoms with Gasteiger partial charge in [-0.05, 0) is 42.5 Å². The third-order valence-corrected chi connectivity index (χ3v) is 4.36. The lowest BCUT2D eigenvalue weighted by molar-refractivity contribution is 0.275. The Kier molecular flexibility index (Phi) is 5.52. The van der Waals surface area contributed by atoms with Gasteiger partial charge in [0.2, 0.25) is 0 Å². The maximum Gasteiger partial charge on any atom is 0.0406 e. The van der Waals surface area contributed by atoms with Crippen molar-refractivity contribution in [2.75, 3.05) is 6.54 Å². The molecule has 0 aliphatic heterocycles. The van der Waals surface area contributed by atoms with Crippen molar-refractivity contribution in [3.05, 3.63) is 34.9 Å². The summed E-state index contributed by atoms with van der Waals surface area (Å²) in [6, 6.07) is 8.11. The van der Waals surface area contributed by atoms with Crippen LogP contribution >= 0.6 is 11.6 Å². The average Bonchev–Trinajstić information content (AvgIpc) is 2.39. The van der Waals surface area contributed by atoms with Gasteiger partial charge in [-0.3, -0.25) is 0 Å². The van der Waals surface area contributed by atoms with Crippen molar-refractivity contribution >= 4 is 11.6 Å². The molecule has 2 heteroatoms. The van der Waals surface area contributed by atoms with Crippen LogP contribution in [-0.4, -0.2) is 6.54 Å². The Labute approximate surface area is 116 Å². The molecule has 0 atom stereocenters. The monoisotopic (exact) mass is 265 g/mol. The van der Waals surface area contributed by atoms with Crippen LogP contribution in [0.2, 0.25) is 5.02 Å². The standard InChI is InChI=1S/C16H24ClN/c1-13-2-4-14(5-3-13)10-11-18-12-15-6-8-16(17)9-7-15/h6-9,13-14,18H,2-5,10-12H2,1H3. The predicted molar refractivity (Wildman–Crippen MR) is 78.9 cm³/mol. The van der Waals surface area contributed by atoms with Gasteiger partial charge in [0.1, 0.15) is 0 Å². The Hall–Kier alpha value is -0.530. The van der Waals surface area contributed by atoms with E-state index in [1.807, 2.05) is 12.1 Å². The summed E-state index contributed by atoms with van der Waals surface area (Å²) in [6.45, 7) is 4.48. The summed E-state index contributed by atoms with van der Waals surface area (Å²) in [4.78, 5) is 0. The molecule has 1 N–H and O–H groups in total. The highest BCUT2D eigenvalue weighted by atomic mass is 35.5. The van der Waals surface area contributed by atoms with Gasteiger partial charge in [-0.2, -0.15) is 0 Å². The van der Waals surface area contributed by atoms with Gasteiger partial charge in [0, 0.05) is 11.6 Å². The minimum atomic E-state index is 0.815. The van der Waals surface area contributed by atoms with Crippen LogP contribution in [0.5, 0.6) is 0 Å². The van der Waals surface area contributed by atoms with Crippen LogP contribution < -0.4 is 5.32 Å². The van der Waals surface area contributed by atoms with Gasteiger partial charge in [0.25, 0.3) is 0 Å². The van der Waals surface area contributed by atoms with Crippen molar-refractivity contribution in [2.45, 2.75) is 45.6 Å². The van der Waals surface area contributed by atoms with E-state index < -0.39 is 0 Å². The van der Waals surface area contributed by atoms with E-state index in [0.717, 1.165) is 29.9 Å². The maximum atomic E-state index is 5.87. The zero-order chi connectivity index (χ0) is 12.8. The highest BCUT2D eigenvalue weighted by Crippen LogP contribution is 2.29. The average molecular weight is 266 g/mol. The fourth-order valence-corrected chi connectivity index (χ4v) is 2.88. The van der Waals surface area contributed by atoms with Gasteiger partial charge < -0.3 is 5.32 Å². The molecule has 1 aromatic carbocycles. The van der Waals surface area contributed by atoms with Crippen LogP contribution in [0.15, 0.2) is 24.3 Å². The maximum absolute atomic E-state index is 5.87. The van der Waals surface area contributed by atoms with Crippen molar-refractivity contribution in [2.24, 2.45) is 11.8 Å². The van der Waals surface area contributed by atoms with Gasteiger partial charge in [0.15, 0.2) is 0 Å². The lowest BCUT2D eigenvalue weighted by Gasteiger charge is -2.26. The molecule has 0 bridgehead atoms. The summed E-state index contributed by atoms with van der Waals surface area (Å²) >= 11 is 5.87. The van der Waals surface area contributed by atoms with E-state index in [1.54, 1.807) is 0 Å². The number of nitrogens with one attached hydrogen (secondary N) is 1. The summed E-state index contributed by atoms with van der Waals surface area (Å²) in [7, 11) is 0. The van der Waals surface area contributed by atoms with Gasteiger partial charge in [0.05, 0.1) is 0 Å². The Balaban J connectivity index is 1.60. The fraction of sp³-hybridized carbons (Fsp3) is 0.625. The van der Waals surface area contributed by atoms with Crippen molar-refractivity contribution < 1.29 is 0 Å². The molecule has 18 heavy (non-hydrogen) atoms. The van der Waals surface area contributed by atoms with E-state index in [2.05, 4.69) is 24.4 Å². The number of benzene rings is 1. The Bertz CT molecular complexity index is 339. The summed E-state index contributed by atoms with van der Waals surface area (Å²) in [5, 5.41) is 4.35. The quantitative estimate of drug-likeness (QED) is 0.765. The number of halogens is 1. The summed E-state index contributed by atoms with van der Waals surface area (Å²) in [6.07, 6.45) is 7.07. The number of hydrogen-bond donors (Lipinski definition) is 1. The van der Waals surface area contributed by atoms with Crippen LogP contribution in [0.1, 0.15) is 44.6 Å². The molecule has 1 nitrogen and oxygen atoms in total. The van der Waals surface area contributed by atoms with Gasteiger partial charge >= 0.3 is 0 Å². The first-order valence-corrected chi connectivity index (χ1v) is 7.57. The van der Waals surface area contributed by atoms with E-state index in [9.17, 15) is 0 Å². The van der Waals surface area contributed by atoms with Gasteiger partial charge in [-0.15, -0.1) is 0 Å². The van der Waals surface area contributed by atoms with E-state index in [4.69, 9.17) is 11.6 Å². The SMILES string of the molecule is CC1CCC(CCNCc2ccc(Cl)cc2)CC1. The third kappa shape index (κ3) is 4.62. The Morgan fingerprint density at radius 3 is 2.44 bits per heavy atom. The summed E-state index contributed by atoms with van der Waals surface area (Å²) in [5.74, 6) is 1.92. The molecule has 1 fully saturated rings. The molecule has 0 heterocycles. The van der Waals surface area contributed by atoms with Crippen LogP contribution in [-0.2, 0) is 6.54 Å². The fourth-order valence-electron chi connectivity index (χ4n) is 2.76. The molecule has 1 aliphatic carbocycles. The molecule has 0 unspecified atom stereocenters. The molecule has 0 spiro atoms. The Morgan fingerprint density at radius 2 is 1.78 bits per heavy atom. The molecule has 1 saturated carbocycles. The van der Waals surface area contributed by atoms with Crippen molar-refractivity contribution in [1.82, 2.24) is 5.32 Å². The first-order chi connectivity index (χ1) is 8.74. The molecule has 1 aromatic rings. The second-order valence-electron chi connectivity index (χ2n) is 5.72. The lowest BCUT2D eigenvalue weighted by atomic mass is 9.81. The largest absolute Gasteiger partial charge is 0.313 e. The molecule has 0 amide bonds. The zero-order valence-corrected chi connectivity index (χ0v) is 12.0. The highest BCUT2D eigenvalue weighted by Gasteiger charge is 2.17. The molecule has 0 saturated heterocycles. The minimum Gasteiger partial charge on any atom is -0.313 e. The topological polar surface area (TPSA) is 12.0 Å². The first kappa shape index (κ1) is 13.9. The van der Waals surface area contributed by atoms with Crippen molar-refractivity contribution in [3.8, 4) is 0 Å². The van der Waals surface area contributed by atoms with E-state index >= 15 is 0 Å². The molecular formula is C16H24ClN. The molecule has 2 rings (SSSR count). The summed E-state index contributed by atoms with van der Waals surface area (Å²) < 4.78 is 0. The van der Waals surface area contributed by atoms with Gasteiger partial charge in [-0.1, -0.05) is 56.3 Å². The van der Waals surface area contributed by atoms with E-state index in [-0.39, 0.29) is 0 Å². The van der Waals surface area contributed by atoms with Crippen molar-refractivity contribution in [3.63, 3.8) is 0 Å². The van der Waals surface area contributed by atoms with Crippen LogP contribution in [0.25, 0.3) is 0 Å². The van der Waals surface area contributed by atoms with Crippen LogP contribution in [0, 0.1) is 11.8 Å². The van der Waals surface area contributed by atoms with E-state index in [0.29, 0.717) is 0 Å². The van der Waals surface area contributed by atoms with E-state index in [1.165, 1.54) is 37.7 Å². The number of hydrogen-bond acceptors (Lipinski definition) is 1. The lowest BCUT2D eigenvalue weighted by Crippen LogP contribution is -2.20. The second kappa shape index (κ2) is 7.16. The second-order valence-corrected chi connectivity index (χ2v) is 6.15. The van der Waals surface area contributed by atoms with Crippen LogP contribution in [0.3, 0.4) is 0 Å². The van der Waals surface area contributed by atoms with Crippen molar-refractivity contribution in [1.29, 1.82) is 0 Å².